The summed E-state index contributed by atoms with van der Waals surface area (Å²) >= 11 is 6.00. The molecule has 5 nitrogen and oxygen atoms in total. The number of carboxylic acid groups (broad SMARTS) is 1. The molecule has 0 radical (unpaired) electrons. The maximum atomic E-state index is 12.2. The summed E-state index contributed by atoms with van der Waals surface area (Å²) < 4.78 is 0. The highest BCUT2D eigenvalue weighted by atomic mass is 35.5. The number of benzene rings is 1. The van der Waals surface area contributed by atoms with Gasteiger partial charge in [-0.15, -0.1) is 0 Å². The lowest BCUT2D eigenvalue weighted by Gasteiger charge is -2.28. The summed E-state index contributed by atoms with van der Waals surface area (Å²) in [7, 11) is 0. The monoisotopic (exact) mass is 316 g/mol. The molecule has 0 unspecified atom stereocenters. The van der Waals surface area contributed by atoms with E-state index in [-0.39, 0.29) is 18.0 Å². The molecule has 1 amide bonds. The zero-order chi connectivity index (χ0) is 15.7. The van der Waals surface area contributed by atoms with Gasteiger partial charge < -0.3 is 10.0 Å². The van der Waals surface area contributed by atoms with Crippen LogP contribution in [-0.2, 0) is 24.3 Å². The molecule has 1 aromatic carbocycles. The van der Waals surface area contributed by atoms with Crippen LogP contribution >= 0.6 is 11.6 Å². The van der Waals surface area contributed by atoms with Crippen LogP contribution in [0.4, 0.5) is 0 Å². The van der Waals surface area contributed by atoms with Gasteiger partial charge in [0.1, 0.15) is 0 Å². The summed E-state index contributed by atoms with van der Waals surface area (Å²) in [6.07, 6.45) is 1.77. The number of fused-ring (bicyclic) bond motifs is 1. The second-order valence-electron chi connectivity index (χ2n) is 5.18. The lowest BCUT2D eigenvalue weighted by atomic mass is 9.99. The van der Waals surface area contributed by atoms with E-state index in [1.807, 2.05) is 12.1 Å². The fraction of sp³-hybridized carbons (Fsp3) is 0.188. The first-order valence-corrected chi connectivity index (χ1v) is 7.14. The van der Waals surface area contributed by atoms with Crippen molar-refractivity contribution in [2.75, 3.05) is 0 Å². The van der Waals surface area contributed by atoms with E-state index in [4.69, 9.17) is 16.7 Å². The predicted octanol–water partition coefficient (Wildman–Crippen LogP) is 2.52. The van der Waals surface area contributed by atoms with Gasteiger partial charge in [-0.3, -0.25) is 9.78 Å². The Labute approximate surface area is 132 Å². The van der Waals surface area contributed by atoms with E-state index in [0.717, 1.165) is 11.1 Å². The predicted molar refractivity (Wildman–Crippen MR) is 80.6 cm³/mol. The van der Waals surface area contributed by atoms with Gasteiger partial charge in [-0.1, -0.05) is 17.7 Å². The molecule has 0 saturated carbocycles. The number of hydrogen-bond donors (Lipinski definition) is 1. The number of halogens is 1. The normalized spacial score (nSPS) is 13.9. The maximum Gasteiger partial charge on any atom is 0.335 e. The number of carboxylic acids is 1. The van der Waals surface area contributed by atoms with Crippen molar-refractivity contribution in [1.29, 1.82) is 0 Å². The van der Waals surface area contributed by atoms with E-state index in [1.54, 1.807) is 11.0 Å². The topological polar surface area (TPSA) is 70.5 Å². The molecular formula is C16H13ClN2O3. The van der Waals surface area contributed by atoms with Gasteiger partial charge in [0, 0.05) is 17.8 Å². The van der Waals surface area contributed by atoms with E-state index in [9.17, 15) is 9.59 Å². The lowest BCUT2D eigenvalue weighted by molar-refractivity contribution is -0.132. The van der Waals surface area contributed by atoms with E-state index < -0.39 is 5.97 Å². The van der Waals surface area contributed by atoms with Gasteiger partial charge in [0.25, 0.3) is 0 Å². The van der Waals surface area contributed by atoms with Crippen molar-refractivity contribution < 1.29 is 14.7 Å². The second kappa shape index (κ2) is 5.77. The minimum Gasteiger partial charge on any atom is -0.478 e. The van der Waals surface area contributed by atoms with Crippen LogP contribution in [0.25, 0.3) is 0 Å². The Morgan fingerprint density at radius 2 is 2.09 bits per heavy atom. The van der Waals surface area contributed by atoms with Crippen LogP contribution < -0.4 is 0 Å². The summed E-state index contributed by atoms with van der Waals surface area (Å²) in [5, 5.41) is 9.64. The number of carbonyl (C=O) groups is 2. The van der Waals surface area contributed by atoms with Crippen LogP contribution in [0, 0.1) is 0 Å². The SMILES string of the molecule is O=C(O)c1ccnc(CN2Cc3cc(Cl)ccc3CC2=O)c1. The van der Waals surface area contributed by atoms with Crippen LogP contribution in [0.1, 0.15) is 27.2 Å². The Balaban J connectivity index is 1.82. The van der Waals surface area contributed by atoms with Crippen molar-refractivity contribution in [1.82, 2.24) is 9.88 Å². The Morgan fingerprint density at radius 3 is 2.86 bits per heavy atom. The van der Waals surface area contributed by atoms with Crippen LogP contribution in [0.5, 0.6) is 0 Å². The number of rotatable bonds is 3. The van der Waals surface area contributed by atoms with Crippen LogP contribution in [0.15, 0.2) is 36.5 Å². The van der Waals surface area contributed by atoms with E-state index in [2.05, 4.69) is 4.98 Å². The fourth-order valence-corrected chi connectivity index (χ4v) is 2.71. The quantitative estimate of drug-likeness (QED) is 0.944. The third-order valence-corrected chi connectivity index (χ3v) is 3.88. The number of pyridine rings is 1. The van der Waals surface area contributed by atoms with Crippen LogP contribution in [0.2, 0.25) is 5.02 Å². The molecular weight excluding hydrogens is 304 g/mol. The van der Waals surface area contributed by atoms with Crippen LogP contribution in [0.3, 0.4) is 0 Å². The van der Waals surface area contributed by atoms with Crippen molar-refractivity contribution in [2.24, 2.45) is 0 Å². The maximum absolute atomic E-state index is 12.2. The molecule has 1 aromatic heterocycles. The number of carbonyl (C=O) groups excluding carboxylic acids is 1. The van der Waals surface area contributed by atoms with Crippen LogP contribution in [-0.4, -0.2) is 26.9 Å². The number of hydrogen-bond acceptors (Lipinski definition) is 3. The molecule has 0 bridgehead atoms. The van der Waals surface area contributed by atoms with Gasteiger partial charge in [0.2, 0.25) is 5.91 Å². The number of aromatic carboxylic acids is 1. The molecule has 2 heterocycles. The first-order valence-electron chi connectivity index (χ1n) is 6.76. The highest BCUT2D eigenvalue weighted by molar-refractivity contribution is 6.30. The molecule has 112 valence electrons. The standard InChI is InChI=1S/C16H13ClN2O3/c17-13-2-1-10-7-15(20)19(8-12(10)5-13)9-14-6-11(16(21)22)3-4-18-14/h1-6H,7-9H2,(H,21,22). The lowest BCUT2D eigenvalue weighted by Crippen LogP contribution is -2.35. The third kappa shape index (κ3) is 2.94. The molecule has 1 aliphatic rings. The molecule has 1 N–H and O–H groups in total. The van der Waals surface area contributed by atoms with Gasteiger partial charge in [-0.2, -0.15) is 0 Å². The highest BCUT2D eigenvalue weighted by Crippen LogP contribution is 2.24. The molecule has 0 saturated heterocycles. The van der Waals surface area contributed by atoms with Gasteiger partial charge in [-0.05, 0) is 35.4 Å². The van der Waals surface area contributed by atoms with Crippen molar-refractivity contribution in [2.45, 2.75) is 19.5 Å². The first kappa shape index (κ1) is 14.5. The zero-order valence-corrected chi connectivity index (χ0v) is 12.4. The molecule has 22 heavy (non-hydrogen) atoms. The Morgan fingerprint density at radius 1 is 1.27 bits per heavy atom. The fourth-order valence-electron chi connectivity index (χ4n) is 2.52. The van der Waals surface area contributed by atoms with Gasteiger partial charge in [0.15, 0.2) is 0 Å². The second-order valence-corrected chi connectivity index (χ2v) is 5.62. The largest absolute Gasteiger partial charge is 0.478 e. The number of nitrogens with zero attached hydrogens (tertiary/aromatic N) is 2. The molecule has 0 spiro atoms. The van der Waals surface area contributed by atoms with Gasteiger partial charge in [0.05, 0.1) is 24.2 Å². The van der Waals surface area contributed by atoms with Crippen molar-refractivity contribution in [3.63, 3.8) is 0 Å². The minimum absolute atomic E-state index is 0.00245. The summed E-state index contributed by atoms with van der Waals surface area (Å²) in [5.74, 6) is -1.01. The molecule has 2 aromatic rings. The van der Waals surface area contributed by atoms with Crippen molar-refractivity contribution in [3.8, 4) is 0 Å². The minimum atomic E-state index is -1.01. The molecule has 0 aliphatic carbocycles. The third-order valence-electron chi connectivity index (χ3n) is 3.64. The van der Waals surface area contributed by atoms with Crippen molar-refractivity contribution in [3.05, 3.63) is 63.9 Å². The number of aromatic nitrogens is 1. The average molecular weight is 317 g/mol. The average Bonchev–Trinajstić information content (AvgIpc) is 2.49. The summed E-state index contributed by atoms with van der Waals surface area (Å²) in [4.78, 5) is 29.0. The molecule has 1 aliphatic heterocycles. The van der Waals surface area contributed by atoms with E-state index in [1.165, 1.54) is 18.3 Å². The molecule has 6 heteroatoms. The van der Waals surface area contributed by atoms with Gasteiger partial charge >= 0.3 is 5.97 Å². The van der Waals surface area contributed by atoms with E-state index >= 15 is 0 Å². The van der Waals surface area contributed by atoms with Gasteiger partial charge in [-0.25, -0.2) is 4.79 Å². The number of amides is 1. The van der Waals surface area contributed by atoms with Crippen molar-refractivity contribution >= 4 is 23.5 Å². The molecule has 0 fully saturated rings. The molecule has 0 atom stereocenters. The summed E-state index contributed by atoms with van der Waals surface area (Å²) in [5.41, 5.74) is 2.72. The molecule has 3 rings (SSSR count). The first-order chi connectivity index (χ1) is 10.5. The Bertz CT molecular complexity index is 761. The summed E-state index contributed by atoms with van der Waals surface area (Å²) in [6, 6.07) is 8.43. The van der Waals surface area contributed by atoms with E-state index in [0.29, 0.717) is 23.7 Å². The Hall–Kier alpha value is -2.40. The zero-order valence-electron chi connectivity index (χ0n) is 11.6. The smallest absolute Gasteiger partial charge is 0.335 e. The summed E-state index contributed by atoms with van der Waals surface area (Å²) in [6.45, 7) is 0.736. The highest BCUT2D eigenvalue weighted by Gasteiger charge is 2.23. The Kier molecular flexibility index (Phi) is 3.81.